The van der Waals surface area contributed by atoms with Crippen LogP contribution in [0.1, 0.15) is 19.8 Å². The third kappa shape index (κ3) is 2.72. The van der Waals surface area contributed by atoms with E-state index in [0.717, 1.165) is 13.0 Å². The molecule has 0 aliphatic carbocycles. The number of likely N-dealkylation sites (N-methyl/N-ethyl adjacent to an activating group) is 1. The van der Waals surface area contributed by atoms with Crippen molar-refractivity contribution in [3.05, 3.63) is 0 Å². The van der Waals surface area contributed by atoms with Crippen LogP contribution in [0.4, 0.5) is 4.39 Å². The van der Waals surface area contributed by atoms with Gasteiger partial charge in [-0.1, -0.05) is 0 Å². The van der Waals surface area contributed by atoms with E-state index < -0.39 is 6.17 Å². The average molecular weight is 175 g/mol. The van der Waals surface area contributed by atoms with E-state index >= 15 is 0 Å². The number of halogens is 1. The van der Waals surface area contributed by atoms with Crippen LogP contribution in [0, 0.1) is 5.92 Å². The maximum atomic E-state index is 12.6. The van der Waals surface area contributed by atoms with Crippen LogP contribution in [0.2, 0.25) is 0 Å². The van der Waals surface area contributed by atoms with E-state index in [-0.39, 0.29) is 12.0 Å². The van der Waals surface area contributed by atoms with Crippen molar-refractivity contribution in [1.29, 1.82) is 0 Å². The zero-order valence-corrected chi connectivity index (χ0v) is 7.83. The van der Waals surface area contributed by atoms with Gasteiger partial charge in [0.1, 0.15) is 0 Å². The Balaban J connectivity index is 2.34. The number of nitrogens with zero attached hydrogens (tertiary/aromatic N) is 1. The van der Waals surface area contributed by atoms with Gasteiger partial charge in [-0.05, 0) is 39.3 Å². The second kappa shape index (κ2) is 4.19. The summed E-state index contributed by atoms with van der Waals surface area (Å²) in [7, 11) is 1.98. The van der Waals surface area contributed by atoms with E-state index in [1.54, 1.807) is 6.92 Å². The predicted molar refractivity (Wildman–Crippen MR) is 46.8 cm³/mol. The van der Waals surface area contributed by atoms with Gasteiger partial charge in [0, 0.05) is 6.54 Å². The van der Waals surface area contributed by atoms with Gasteiger partial charge in [-0.3, -0.25) is 0 Å². The van der Waals surface area contributed by atoms with Crippen molar-refractivity contribution < 1.29 is 9.50 Å². The van der Waals surface area contributed by atoms with E-state index in [4.69, 9.17) is 0 Å². The lowest BCUT2D eigenvalue weighted by molar-refractivity contribution is 0.0197. The third-order valence-electron chi connectivity index (χ3n) is 2.55. The largest absolute Gasteiger partial charge is 0.392 e. The molecule has 72 valence electrons. The zero-order chi connectivity index (χ0) is 9.14. The Morgan fingerprint density at radius 2 is 2.33 bits per heavy atom. The van der Waals surface area contributed by atoms with Crippen LogP contribution >= 0.6 is 0 Å². The third-order valence-corrected chi connectivity index (χ3v) is 2.55. The standard InChI is InChI=1S/C9H18FNO/c1-7(10)5-8-3-4-11(2)6-9(8)12/h7-9,12H,3-6H2,1-2H3. The molecule has 0 aromatic carbocycles. The molecule has 3 heteroatoms. The van der Waals surface area contributed by atoms with Gasteiger partial charge in [-0.15, -0.1) is 0 Å². The first-order chi connectivity index (χ1) is 5.59. The average Bonchev–Trinajstić information content (AvgIpc) is 1.94. The highest BCUT2D eigenvalue weighted by Crippen LogP contribution is 2.22. The number of rotatable bonds is 2. The Hall–Kier alpha value is -0.150. The van der Waals surface area contributed by atoms with Crippen molar-refractivity contribution in [1.82, 2.24) is 4.90 Å². The SMILES string of the molecule is CC(F)CC1CCN(C)CC1O. The first kappa shape index (κ1) is 9.93. The second-order valence-electron chi connectivity index (χ2n) is 3.89. The van der Waals surface area contributed by atoms with Gasteiger partial charge in [-0.25, -0.2) is 4.39 Å². The molecule has 1 rings (SSSR count). The highest BCUT2D eigenvalue weighted by atomic mass is 19.1. The van der Waals surface area contributed by atoms with Gasteiger partial charge >= 0.3 is 0 Å². The molecule has 0 bridgehead atoms. The summed E-state index contributed by atoms with van der Waals surface area (Å²) in [6.07, 6.45) is 0.316. The van der Waals surface area contributed by atoms with Gasteiger partial charge < -0.3 is 10.0 Å². The number of aliphatic hydroxyl groups is 1. The van der Waals surface area contributed by atoms with Crippen LogP contribution < -0.4 is 0 Å². The van der Waals surface area contributed by atoms with Crippen molar-refractivity contribution in [2.45, 2.75) is 32.0 Å². The van der Waals surface area contributed by atoms with Crippen molar-refractivity contribution in [2.75, 3.05) is 20.1 Å². The number of likely N-dealkylation sites (tertiary alicyclic amines) is 1. The summed E-state index contributed by atoms with van der Waals surface area (Å²) >= 11 is 0. The molecular weight excluding hydrogens is 157 g/mol. The Labute approximate surface area is 73.4 Å². The van der Waals surface area contributed by atoms with Crippen LogP contribution in [-0.2, 0) is 0 Å². The van der Waals surface area contributed by atoms with Gasteiger partial charge in [-0.2, -0.15) is 0 Å². The van der Waals surface area contributed by atoms with E-state index in [0.29, 0.717) is 13.0 Å². The van der Waals surface area contributed by atoms with E-state index in [1.165, 1.54) is 0 Å². The summed E-state index contributed by atoms with van der Waals surface area (Å²) < 4.78 is 12.6. The van der Waals surface area contributed by atoms with Crippen molar-refractivity contribution in [3.63, 3.8) is 0 Å². The molecule has 12 heavy (non-hydrogen) atoms. The minimum atomic E-state index is -0.784. The number of aliphatic hydroxyl groups excluding tert-OH is 1. The minimum Gasteiger partial charge on any atom is -0.392 e. The lowest BCUT2D eigenvalue weighted by atomic mass is 9.89. The summed E-state index contributed by atoms with van der Waals surface area (Å²) in [5.74, 6) is 0.168. The maximum Gasteiger partial charge on any atom is 0.0977 e. The molecule has 3 unspecified atom stereocenters. The maximum absolute atomic E-state index is 12.6. The van der Waals surface area contributed by atoms with Crippen LogP contribution in [-0.4, -0.2) is 42.4 Å². The summed E-state index contributed by atoms with van der Waals surface area (Å²) in [6.45, 7) is 3.23. The molecule has 0 aromatic rings. The Kier molecular flexibility index (Phi) is 3.47. The van der Waals surface area contributed by atoms with E-state index in [2.05, 4.69) is 4.90 Å². The fourth-order valence-electron chi connectivity index (χ4n) is 1.83. The topological polar surface area (TPSA) is 23.5 Å². The first-order valence-electron chi connectivity index (χ1n) is 4.60. The van der Waals surface area contributed by atoms with Crippen molar-refractivity contribution in [3.8, 4) is 0 Å². The fraction of sp³-hybridized carbons (Fsp3) is 1.00. The summed E-state index contributed by atoms with van der Waals surface area (Å²) in [4.78, 5) is 2.09. The Bertz CT molecular complexity index is 140. The predicted octanol–water partition coefficient (Wildman–Crippen LogP) is 1.05. The molecule has 1 aliphatic heterocycles. The number of alkyl halides is 1. The molecular formula is C9H18FNO. The van der Waals surface area contributed by atoms with Gasteiger partial charge in [0.05, 0.1) is 12.3 Å². The van der Waals surface area contributed by atoms with Crippen LogP contribution in [0.5, 0.6) is 0 Å². The van der Waals surface area contributed by atoms with Gasteiger partial charge in [0.25, 0.3) is 0 Å². The van der Waals surface area contributed by atoms with Crippen molar-refractivity contribution >= 4 is 0 Å². The normalized spacial score (nSPS) is 35.0. The highest BCUT2D eigenvalue weighted by Gasteiger charge is 2.26. The zero-order valence-electron chi connectivity index (χ0n) is 7.83. The van der Waals surface area contributed by atoms with E-state index in [1.807, 2.05) is 7.05 Å². The molecule has 0 aromatic heterocycles. The molecule has 1 heterocycles. The fourth-order valence-corrected chi connectivity index (χ4v) is 1.83. The second-order valence-corrected chi connectivity index (χ2v) is 3.89. The monoisotopic (exact) mass is 175 g/mol. The number of hydrogen-bond acceptors (Lipinski definition) is 2. The molecule has 0 radical (unpaired) electrons. The van der Waals surface area contributed by atoms with Crippen LogP contribution in [0.25, 0.3) is 0 Å². The lowest BCUT2D eigenvalue weighted by Gasteiger charge is -2.33. The molecule has 0 amide bonds. The number of hydrogen-bond donors (Lipinski definition) is 1. The van der Waals surface area contributed by atoms with Crippen LogP contribution in [0.3, 0.4) is 0 Å². The lowest BCUT2D eigenvalue weighted by Crippen LogP contribution is -2.42. The number of piperidine rings is 1. The smallest absolute Gasteiger partial charge is 0.0977 e. The van der Waals surface area contributed by atoms with Gasteiger partial charge in [0.2, 0.25) is 0 Å². The van der Waals surface area contributed by atoms with Gasteiger partial charge in [0.15, 0.2) is 0 Å². The number of β-amino-alcohol motifs (C(OH)–C–C–N with tert-alkyl or cyclic N) is 1. The Morgan fingerprint density at radius 3 is 2.83 bits per heavy atom. The van der Waals surface area contributed by atoms with E-state index in [9.17, 15) is 9.50 Å². The molecule has 0 spiro atoms. The molecule has 0 saturated carbocycles. The molecule has 3 atom stereocenters. The molecule has 1 aliphatic rings. The van der Waals surface area contributed by atoms with Crippen LogP contribution in [0.15, 0.2) is 0 Å². The molecule has 1 saturated heterocycles. The molecule has 1 N–H and O–H groups in total. The molecule has 2 nitrogen and oxygen atoms in total. The molecule has 1 fully saturated rings. The summed E-state index contributed by atoms with van der Waals surface area (Å²) in [5, 5.41) is 9.58. The minimum absolute atomic E-state index is 0.168. The van der Waals surface area contributed by atoms with Crippen molar-refractivity contribution in [2.24, 2.45) is 5.92 Å². The quantitative estimate of drug-likeness (QED) is 0.678. The Morgan fingerprint density at radius 1 is 1.67 bits per heavy atom. The highest BCUT2D eigenvalue weighted by molar-refractivity contribution is 4.79. The summed E-state index contributed by atoms with van der Waals surface area (Å²) in [6, 6.07) is 0. The summed E-state index contributed by atoms with van der Waals surface area (Å²) in [5.41, 5.74) is 0. The first-order valence-corrected chi connectivity index (χ1v) is 4.60.